The fourth-order valence-corrected chi connectivity index (χ4v) is 3.76. The summed E-state index contributed by atoms with van der Waals surface area (Å²) in [6.07, 6.45) is 3.63. The maximum atomic E-state index is 12.7. The molecule has 0 aliphatic carbocycles. The topological polar surface area (TPSA) is 67.2 Å². The van der Waals surface area contributed by atoms with Gasteiger partial charge in [0, 0.05) is 37.9 Å². The van der Waals surface area contributed by atoms with Crippen molar-refractivity contribution in [2.75, 3.05) is 33.4 Å². The number of fused-ring (bicyclic) bond motifs is 4. The Morgan fingerprint density at radius 3 is 3.09 bits per heavy atom. The Labute approximate surface area is 131 Å². The molecular formula is C14H16N4O3S. The summed E-state index contributed by atoms with van der Waals surface area (Å²) in [4.78, 5) is 33.7. The Morgan fingerprint density at radius 1 is 1.41 bits per heavy atom. The maximum Gasteiger partial charge on any atom is 0.274 e. The highest BCUT2D eigenvalue weighted by atomic mass is 32.1. The summed E-state index contributed by atoms with van der Waals surface area (Å²) in [6, 6.07) is -0.0901. The zero-order valence-electron chi connectivity index (χ0n) is 12.1. The lowest BCUT2D eigenvalue weighted by molar-refractivity contribution is -0.133. The van der Waals surface area contributed by atoms with Gasteiger partial charge in [0.25, 0.3) is 5.91 Å². The van der Waals surface area contributed by atoms with E-state index in [0.717, 1.165) is 4.96 Å². The molecule has 0 N–H and O–H groups in total. The number of thiazole rings is 1. The van der Waals surface area contributed by atoms with Crippen molar-refractivity contribution in [3.8, 4) is 0 Å². The molecule has 116 valence electrons. The maximum absolute atomic E-state index is 12.7. The summed E-state index contributed by atoms with van der Waals surface area (Å²) < 4.78 is 7.40. The summed E-state index contributed by atoms with van der Waals surface area (Å²) >= 11 is 1.49. The second-order valence-corrected chi connectivity index (χ2v) is 6.64. The van der Waals surface area contributed by atoms with E-state index in [9.17, 15) is 9.59 Å². The Bertz CT molecular complexity index is 711. The van der Waals surface area contributed by atoms with Crippen LogP contribution in [0.3, 0.4) is 0 Å². The number of ether oxygens (including phenoxy) is 1. The first-order valence-electron chi connectivity index (χ1n) is 7.19. The summed E-state index contributed by atoms with van der Waals surface area (Å²) in [5, 5.41) is 1.93. The Morgan fingerprint density at radius 2 is 2.27 bits per heavy atom. The zero-order valence-corrected chi connectivity index (χ0v) is 13.0. The SMILES string of the molecule is CN1C(=O)[C@H]2COC[C@@H]1CN(C(=O)c1cn3ccsc3n1)C2. The van der Waals surface area contributed by atoms with Crippen LogP contribution in [0.25, 0.3) is 4.96 Å². The highest BCUT2D eigenvalue weighted by molar-refractivity contribution is 7.15. The van der Waals surface area contributed by atoms with Crippen molar-refractivity contribution < 1.29 is 14.3 Å². The third-order valence-electron chi connectivity index (χ3n) is 4.35. The Kier molecular flexibility index (Phi) is 3.16. The number of nitrogens with zero attached hydrogens (tertiary/aromatic N) is 4. The number of aromatic nitrogens is 2. The molecule has 0 aromatic carbocycles. The number of carbonyl (C=O) groups is 2. The van der Waals surface area contributed by atoms with E-state index in [1.807, 2.05) is 16.0 Å². The van der Waals surface area contributed by atoms with Crippen LogP contribution in [0.15, 0.2) is 17.8 Å². The molecule has 2 atom stereocenters. The van der Waals surface area contributed by atoms with Crippen molar-refractivity contribution in [2.45, 2.75) is 6.04 Å². The van der Waals surface area contributed by atoms with E-state index in [-0.39, 0.29) is 23.8 Å². The van der Waals surface area contributed by atoms with Crippen LogP contribution >= 0.6 is 11.3 Å². The van der Waals surface area contributed by atoms with Gasteiger partial charge in [-0.15, -0.1) is 11.3 Å². The lowest BCUT2D eigenvalue weighted by atomic mass is 10.1. The largest absolute Gasteiger partial charge is 0.378 e. The van der Waals surface area contributed by atoms with Crippen LogP contribution in [0, 0.1) is 5.92 Å². The minimum atomic E-state index is -0.287. The van der Waals surface area contributed by atoms with E-state index >= 15 is 0 Å². The number of hydrogen-bond acceptors (Lipinski definition) is 5. The van der Waals surface area contributed by atoms with Gasteiger partial charge in [-0.3, -0.25) is 14.0 Å². The van der Waals surface area contributed by atoms with Crippen LogP contribution < -0.4 is 0 Å². The number of likely N-dealkylation sites (N-methyl/N-ethyl adjacent to an activating group) is 1. The molecule has 0 radical (unpaired) electrons. The van der Waals surface area contributed by atoms with Crippen molar-refractivity contribution >= 4 is 28.1 Å². The van der Waals surface area contributed by atoms with Crippen LogP contribution in [-0.4, -0.2) is 70.4 Å². The molecule has 2 saturated heterocycles. The summed E-state index contributed by atoms with van der Waals surface area (Å²) in [7, 11) is 1.79. The van der Waals surface area contributed by atoms with Crippen LogP contribution in [-0.2, 0) is 9.53 Å². The highest BCUT2D eigenvalue weighted by Gasteiger charge is 2.39. The lowest BCUT2D eigenvalue weighted by Crippen LogP contribution is -2.45. The average molecular weight is 320 g/mol. The minimum Gasteiger partial charge on any atom is -0.378 e. The van der Waals surface area contributed by atoms with Crippen molar-refractivity contribution in [1.82, 2.24) is 19.2 Å². The van der Waals surface area contributed by atoms with Crippen molar-refractivity contribution in [3.63, 3.8) is 0 Å². The smallest absolute Gasteiger partial charge is 0.274 e. The fourth-order valence-electron chi connectivity index (χ4n) is 3.06. The van der Waals surface area contributed by atoms with Gasteiger partial charge >= 0.3 is 0 Å². The van der Waals surface area contributed by atoms with E-state index in [2.05, 4.69) is 4.98 Å². The molecule has 4 rings (SSSR count). The van der Waals surface area contributed by atoms with Crippen molar-refractivity contribution in [3.05, 3.63) is 23.5 Å². The first-order chi connectivity index (χ1) is 10.6. The van der Waals surface area contributed by atoms with E-state index in [1.165, 1.54) is 11.3 Å². The van der Waals surface area contributed by atoms with Gasteiger partial charge in [-0.1, -0.05) is 0 Å². The molecule has 0 unspecified atom stereocenters. The molecule has 22 heavy (non-hydrogen) atoms. The molecule has 2 fully saturated rings. The second kappa shape index (κ2) is 5.06. The predicted molar refractivity (Wildman–Crippen MR) is 79.8 cm³/mol. The molecule has 2 aromatic rings. The van der Waals surface area contributed by atoms with Crippen molar-refractivity contribution in [1.29, 1.82) is 0 Å². The standard InChI is InChI=1S/C14H16N4O3S/c1-16-10-5-18(4-9(12(16)19)7-21-8-10)13(20)11-6-17-2-3-22-14(17)15-11/h2-3,6,9-10H,4-5,7-8H2,1H3/t9-,10+/m1/s1. The molecule has 2 amide bonds. The second-order valence-electron chi connectivity index (χ2n) is 5.77. The average Bonchev–Trinajstić information content (AvgIpc) is 3.01. The summed E-state index contributed by atoms with van der Waals surface area (Å²) in [5.74, 6) is -0.343. The molecule has 2 bridgehead atoms. The molecule has 2 aliphatic rings. The lowest BCUT2D eigenvalue weighted by Gasteiger charge is -2.28. The Hall–Kier alpha value is -1.93. The van der Waals surface area contributed by atoms with Crippen LogP contribution in [0.2, 0.25) is 0 Å². The van der Waals surface area contributed by atoms with Gasteiger partial charge in [0.15, 0.2) is 4.96 Å². The Balaban J connectivity index is 1.63. The van der Waals surface area contributed by atoms with Crippen LogP contribution in [0.1, 0.15) is 10.5 Å². The summed E-state index contributed by atoms with van der Waals surface area (Å²) in [6.45, 7) is 1.73. The van der Waals surface area contributed by atoms with Gasteiger partial charge in [-0.2, -0.15) is 0 Å². The van der Waals surface area contributed by atoms with Gasteiger partial charge in [0.05, 0.1) is 25.2 Å². The molecule has 0 spiro atoms. The van der Waals surface area contributed by atoms with Crippen LogP contribution in [0.4, 0.5) is 0 Å². The van der Waals surface area contributed by atoms with Crippen molar-refractivity contribution in [2.24, 2.45) is 5.92 Å². The number of amides is 2. The quantitative estimate of drug-likeness (QED) is 0.759. The minimum absolute atomic E-state index is 0.0589. The molecule has 2 aromatic heterocycles. The first kappa shape index (κ1) is 13.7. The van der Waals surface area contributed by atoms with E-state index in [1.54, 1.807) is 23.0 Å². The number of hydrogen-bond donors (Lipinski definition) is 0. The summed E-state index contributed by atoms with van der Waals surface area (Å²) in [5.41, 5.74) is 0.433. The van der Waals surface area contributed by atoms with Gasteiger partial charge in [0.1, 0.15) is 5.69 Å². The number of imidazole rings is 1. The number of rotatable bonds is 1. The monoisotopic (exact) mass is 320 g/mol. The van der Waals surface area contributed by atoms with E-state index in [0.29, 0.717) is 32.0 Å². The predicted octanol–water partition coefficient (Wildman–Crippen LogP) is 0.325. The van der Waals surface area contributed by atoms with Gasteiger partial charge in [0.2, 0.25) is 5.91 Å². The molecular weight excluding hydrogens is 304 g/mol. The van der Waals surface area contributed by atoms with E-state index < -0.39 is 0 Å². The highest BCUT2D eigenvalue weighted by Crippen LogP contribution is 2.21. The molecule has 8 heteroatoms. The third kappa shape index (κ3) is 2.10. The van der Waals surface area contributed by atoms with Gasteiger partial charge in [-0.25, -0.2) is 4.98 Å². The van der Waals surface area contributed by atoms with Crippen LogP contribution in [0.5, 0.6) is 0 Å². The third-order valence-corrected chi connectivity index (χ3v) is 5.12. The zero-order chi connectivity index (χ0) is 15.3. The van der Waals surface area contributed by atoms with Gasteiger partial charge < -0.3 is 14.5 Å². The molecule has 0 saturated carbocycles. The molecule has 4 heterocycles. The first-order valence-corrected chi connectivity index (χ1v) is 8.07. The fraction of sp³-hybridized carbons (Fsp3) is 0.500. The van der Waals surface area contributed by atoms with E-state index in [4.69, 9.17) is 4.74 Å². The normalized spacial score (nSPS) is 25.6. The number of carbonyl (C=O) groups excluding carboxylic acids is 2. The molecule has 7 nitrogen and oxygen atoms in total. The molecule has 2 aliphatic heterocycles. The van der Waals surface area contributed by atoms with Gasteiger partial charge in [-0.05, 0) is 0 Å².